The molecule has 0 radical (unpaired) electrons. The fourth-order valence-corrected chi connectivity index (χ4v) is 3.31. The van der Waals surface area contributed by atoms with Crippen LogP contribution in [-0.4, -0.2) is 20.2 Å². The second kappa shape index (κ2) is 6.26. The summed E-state index contributed by atoms with van der Waals surface area (Å²) in [6.07, 6.45) is 4.88. The van der Waals surface area contributed by atoms with Gasteiger partial charge in [0.05, 0.1) is 5.75 Å². The van der Waals surface area contributed by atoms with Crippen LogP contribution in [0.15, 0.2) is 24.3 Å². The van der Waals surface area contributed by atoms with Crippen molar-refractivity contribution in [2.24, 2.45) is 5.41 Å². The Bertz CT molecular complexity index is 554. The molecule has 1 aromatic rings. The molecule has 0 heterocycles. The third-order valence-electron chi connectivity index (χ3n) is 4.25. The molecule has 2 N–H and O–H groups in total. The molecule has 1 aliphatic carbocycles. The lowest BCUT2D eigenvalue weighted by Crippen LogP contribution is -2.29. The summed E-state index contributed by atoms with van der Waals surface area (Å²) in [5, 5.41) is 3.55. The lowest BCUT2D eigenvalue weighted by molar-refractivity contribution is 0.232. The lowest BCUT2D eigenvalue weighted by Gasteiger charge is -2.35. The van der Waals surface area contributed by atoms with Crippen molar-refractivity contribution in [2.45, 2.75) is 52.5 Å². The molecule has 1 fully saturated rings. The zero-order valence-electron chi connectivity index (χ0n) is 13.1. The van der Waals surface area contributed by atoms with Crippen LogP contribution < -0.4 is 10.0 Å². The Kier molecular flexibility index (Phi) is 4.81. The van der Waals surface area contributed by atoms with E-state index in [1.807, 2.05) is 24.3 Å². The van der Waals surface area contributed by atoms with E-state index in [4.69, 9.17) is 0 Å². The van der Waals surface area contributed by atoms with Crippen molar-refractivity contribution in [3.63, 3.8) is 0 Å². The van der Waals surface area contributed by atoms with E-state index in [9.17, 15) is 8.42 Å². The second-order valence-corrected chi connectivity index (χ2v) is 8.68. The van der Waals surface area contributed by atoms with Gasteiger partial charge in [-0.1, -0.05) is 13.8 Å². The van der Waals surface area contributed by atoms with E-state index >= 15 is 0 Å². The number of anilines is 2. The predicted molar refractivity (Wildman–Crippen MR) is 89.2 cm³/mol. The quantitative estimate of drug-likeness (QED) is 0.869. The van der Waals surface area contributed by atoms with Crippen molar-refractivity contribution in [1.82, 2.24) is 0 Å². The number of benzene rings is 1. The van der Waals surface area contributed by atoms with Gasteiger partial charge < -0.3 is 5.32 Å². The van der Waals surface area contributed by atoms with Crippen molar-refractivity contribution in [2.75, 3.05) is 15.8 Å². The van der Waals surface area contributed by atoms with Gasteiger partial charge in [0.2, 0.25) is 10.0 Å². The third kappa shape index (κ3) is 4.92. The Labute approximate surface area is 128 Å². The van der Waals surface area contributed by atoms with Crippen molar-refractivity contribution in [1.29, 1.82) is 0 Å². The van der Waals surface area contributed by atoms with Crippen molar-refractivity contribution in [3.05, 3.63) is 24.3 Å². The molecular weight excluding hydrogens is 284 g/mol. The minimum absolute atomic E-state index is 0.0882. The van der Waals surface area contributed by atoms with Gasteiger partial charge in [-0.3, -0.25) is 4.72 Å². The molecule has 1 saturated carbocycles. The van der Waals surface area contributed by atoms with Crippen molar-refractivity contribution in [3.8, 4) is 0 Å². The van der Waals surface area contributed by atoms with Crippen LogP contribution in [0.1, 0.15) is 46.5 Å². The van der Waals surface area contributed by atoms with Crippen molar-refractivity contribution < 1.29 is 8.42 Å². The highest BCUT2D eigenvalue weighted by Gasteiger charge is 2.26. The molecule has 0 saturated heterocycles. The van der Waals surface area contributed by atoms with Gasteiger partial charge in [-0.25, -0.2) is 8.42 Å². The molecule has 2 rings (SSSR count). The highest BCUT2D eigenvalue weighted by Crippen LogP contribution is 2.36. The Morgan fingerprint density at radius 3 is 2.14 bits per heavy atom. The highest BCUT2D eigenvalue weighted by molar-refractivity contribution is 7.92. The smallest absolute Gasteiger partial charge is 0.232 e. The van der Waals surface area contributed by atoms with Gasteiger partial charge in [0.25, 0.3) is 0 Å². The molecule has 4 nitrogen and oxygen atoms in total. The predicted octanol–water partition coefficient (Wildman–Crippen LogP) is 3.83. The van der Waals surface area contributed by atoms with Gasteiger partial charge in [0, 0.05) is 17.4 Å². The summed E-state index contributed by atoms with van der Waals surface area (Å²) in [6.45, 7) is 6.29. The van der Waals surface area contributed by atoms with Crippen LogP contribution in [0.3, 0.4) is 0 Å². The molecule has 1 aliphatic rings. The molecular formula is C16H26N2O2S. The maximum absolute atomic E-state index is 11.5. The largest absolute Gasteiger partial charge is 0.382 e. The van der Waals surface area contributed by atoms with Crippen LogP contribution in [0.2, 0.25) is 0 Å². The highest BCUT2D eigenvalue weighted by atomic mass is 32.2. The molecule has 0 atom stereocenters. The summed E-state index contributed by atoms with van der Waals surface area (Å²) in [7, 11) is -3.20. The van der Waals surface area contributed by atoms with E-state index in [1.165, 1.54) is 25.7 Å². The van der Waals surface area contributed by atoms with E-state index in [2.05, 4.69) is 23.9 Å². The first-order valence-electron chi connectivity index (χ1n) is 7.67. The Balaban J connectivity index is 1.91. The molecule has 0 amide bonds. The summed E-state index contributed by atoms with van der Waals surface area (Å²) in [4.78, 5) is 0. The summed E-state index contributed by atoms with van der Waals surface area (Å²) in [5.74, 6) is 0.0882. The van der Waals surface area contributed by atoms with E-state index in [1.54, 1.807) is 6.92 Å². The van der Waals surface area contributed by atoms with Crippen molar-refractivity contribution >= 4 is 21.4 Å². The number of sulfonamides is 1. The standard InChI is InChI=1S/C16H26N2O2S/c1-4-21(19,20)18-15-7-5-13(6-8-15)17-14-9-11-16(2,3)12-10-14/h5-8,14,17-18H,4,9-12H2,1-3H3. The molecule has 0 unspecified atom stereocenters. The topological polar surface area (TPSA) is 58.2 Å². The maximum atomic E-state index is 11.5. The lowest BCUT2D eigenvalue weighted by atomic mass is 9.75. The molecule has 0 bridgehead atoms. The fraction of sp³-hybridized carbons (Fsp3) is 0.625. The molecule has 0 aliphatic heterocycles. The molecule has 0 spiro atoms. The number of hydrogen-bond acceptors (Lipinski definition) is 3. The van der Waals surface area contributed by atoms with Crippen LogP contribution in [0.25, 0.3) is 0 Å². The minimum Gasteiger partial charge on any atom is -0.382 e. The SMILES string of the molecule is CCS(=O)(=O)Nc1ccc(NC2CCC(C)(C)CC2)cc1. The molecule has 21 heavy (non-hydrogen) atoms. The molecule has 118 valence electrons. The maximum Gasteiger partial charge on any atom is 0.232 e. The zero-order chi connectivity index (χ0) is 15.5. The summed E-state index contributed by atoms with van der Waals surface area (Å²) < 4.78 is 25.6. The van der Waals surface area contributed by atoms with Gasteiger partial charge in [-0.2, -0.15) is 0 Å². The average Bonchev–Trinajstić information content (AvgIpc) is 2.43. The summed E-state index contributed by atoms with van der Waals surface area (Å²) in [6, 6.07) is 8.02. The Morgan fingerprint density at radius 1 is 1.10 bits per heavy atom. The van der Waals surface area contributed by atoms with E-state index < -0.39 is 10.0 Å². The summed E-state index contributed by atoms with van der Waals surface area (Å²) in [5.41, 5.74) is 2.15. The number of hydrogen-bond donors (Lipinski definition) is 2. The van der Waals surface area contributed by atoms with Crippen LogP contribution >= 0.6 is 0 Å². The minimum atomic E-state index is -3.20. The molecule has 0 aromatic heterocycles. The first-order chi connectivity index (χ1) is 9.80. The number of nitrogens with one attached hydrogen (secondary N) is 2. The van der Waals surface area contributed by atoms with Crippen LogP contribution in [0.4, 0.5) is 11.4 Å². The van der Waals surface area contributed by atoms with Gasteiger partial charge in [0.1, 0.15) is 0 Å². The monoisotopic (exact) mass is 310 g/mol. The summed E-state index contributed by atoms with van der Waals surface area (Å²) >= 11 is 0. The normalized spacial score (nSPS) is 19.2. The first-order valence-corrected chi connectivity index (χ1v) is 9.32. The Hall–Kier alpha value is -1.23. The van der Waals surface area contributed by atoms with Gasteiger partial charge in [0.15, 0.2) is 0 Å². The van der Waals surface area contributed by atoms with Crippen LogP contribution in [-0.2, 0) is 10.0 Å². The molecule has 1 aromatic carbocycles. The Morgan fingerprint density at radius 2 is 1.62 bits per heavy atom. The van der Waals surface area contributed by atoms with Gasteiger partial charge >= 0.3 is 0 Å². The van der Waals surface area contributed by atoms with Gasteiger partial charge in [-0.05, 0) is 62.3 Å². The van der Waals surface area contributed by atoms with E-state index in [0.717, 1.165) is 5.69 Å². The first kappa shape index (κ1) is 16.1. The van der Waals surface area contributed by atoms with E-state index in [-0.39, 0.29) is 5.75 Å². The second-order valence-electron chi connectivity index (χ2n) is 6.67. The average molecular weight is 310 g/mol. The molecule has 5 heteroatoms. The van der Waals surface area contributed by atoms with Crippen LogP contribution in [0, 0.1) is 5.41 Å². The zero-order valence-corrected chi connectivity index (χ0v) is 14.0. The van der Waals surface area contributed by atoms with Crippen LogP contribution in [0.5, 0.6) is 0 Å². The third-order valence-corrected chi connectivity index (χ3v) is 5.56. The number of rotatable bonds is 5. The van der Waals surface area contributed by atoms with E-state index in [0.29, 0.717) is 17.1 Å². The fourth-order valence-electron chi connectivity index (χ4n) is 2.67. The van der Waals surface area contributed by atoms with Gasteiger partial charge in [-0.15, -0.1) is 0 Å².